The summed E-state index contributed by atoms with van der Waals surface area (Å²) in [6.45, 7) is 12.8. The van der Waals surface area contributed by atoms with E-state index in [1.807, 2.05) is 62.6 Å². The molecule has 4 nitrogen and oxygen atoms in total. The smallest absolute Gasteiger partial charge is 0.216 e. The first-order valence-corrected chi connectivity index (χ1v) is 16.3. The van der Waals surface area contributed by atoms with Crippen LogP contribution in [0.5, 0.6) is 0 Å². The quantitative estimate of drug-likeness (QED) is 0.167. The number of hydrogen-bond donors (Lipinski definition) is 0. The van der Waals surface area contributed by atoms with Crippen molar-refractivity contribution in [1.82, 2.24) is 15.0 Å². The van der Waals surface area contributed by atoms with Crippen molar-refractivity contribution in [3.05, 3.63) is 150 Å². The topological polar surface area (TPSA) is 51.8 Å². The average Bonchev–Trinajstić information content (AvgIpc) is 3.46. The first-order valence-electron chi connectivity index (χ1n) is 16.3. The first kappa shape index (κ1) is 33.9. The van der Waals surface area contributed by atoms with Crippen LogP contribution in [0.3, 0.4) is 0 Å². The third-order valence-electron chi connectivity index (χ3n) is 8.65. The molecule has 4 heterocycles. The number of rotatable bonds is 3. The van der Waals surface area contributed by atoms with E-state index in [2.05, 4.69) is 122 Å². The largest absolute Gasteiger partial charge is 0.486 e. The minimum atomic E-state index is 0. The number of furan rings is 1. The molecule has 0 atom stereocenters. The van der Waals surface area contributed by atoms with Crippen LogP contribution in [0, 0.1) is 32.9 Å². The van der Waals surface area contributed by atoms with Gasteiger partial charge in [-0.15, -0.1) is 53.6 Å². The van der Waals surface area contributed by atoms with Crippen LogP contribution >= 0.6 is 0 Å². The number of benzene rings is 4. The van der Waals surface area contributed by atoms with Gasteiger partial charge in [0.05, 0.1) is 5.58 Å². The predicted molar refractivity (Wildman–Crippen MR) is 198 cm³/mol. The molecule has 0 fully saturated rings. The molecule has 0 N–H and O–H groups in total. The summed E-state index contributed by atoms with van der Waals surface area (Å²) < 4.78 is 6.18. The molecule has 0 aliphatic carbocycles. The molecule has 0 aliphatic rings. The minimum Gasteiger partial charge on any atom is -0.486 e. The van der Waals surface area contributed by atoms with Crippen LogP contribution in [0.25, 0.3) is 66.5 Å². The Balaban J connectivity index is 0.000000234. The molecule has 0 saturated heterocycles. The molecule has 245 valence electrons. The fraction of sp³-hybridized carbons (Fsp3) is 0.159. The first-order chi connectivity index (χ1) is 23.1. The standard InChI is InChI=1S/C31H25N2O.C13H12N.Ir/c1-19-8-13-26-25-6-5-7-27(29(25)34-30(26)33-19)28-18-23(14-15-32-28)20-9-10-22-17-24(31(2,3)4)12-11-21(22)16-20;1-10-3-6-12(7-4-10)13-8-5-11(2)9-14-13;/h5-6,8-18H,1-4H3;3-6,8-9H,1-2H3;/q2*-1;. The molecule has 1 radical (unpaired) electrons. The van der Waals surface area contributed by atoms with Gasteiger partial charge < -0.3 is 14.4 Å². The van der Waals surface area contributed by atoms with Crippen molar-refractivity contribution in [2.75, 3.05) is 0 Å². The molecule has 8 aromatic rings. The van der Waals surface area contributed by atoms with Crippen LogP contribution in [0.4, 0.5) is 0 Å². The predicted octanol–water partition coefficient (Wildman–Crippen LogP) is 11.4. The minimum absolute atomic E-state index is 0. The normalized spacial score (nSPS) is 11.3. The van der Waals surface area contributed by atoms with Crippen molar-refractivity contribution in [2.45, 2.75) is 47.0 Å². The van der Waals surface area contributed by atoms with Crippen LogP contribution in [0.2, 0.25) is 0 Å². The molecule has 4 aromatic heterocycles. The van der Waals surface area contributed by atoms with Gasteiger partial charge >= 0.3 is 0 Å². The Labute approximate surface area is 301 Å². The van der Waals surface area contributed by atoms with E-state index in [4.69, 9.17) is 4.42 Å². The Morgan fingerprint density at radius 1 is 0.653 bits per heavy atom. The van der Waals surface area contributed by atoms with Crippen molar-refractivity contribution in [2.24, 2.45) is 0 Å². The third kappa shape index (κ3) is 7.24. The summed E-state index contributed by atoms with van der Waals surface area (Å²) in [5.74, 6) is 0. The Kier molecular flexibility index (Phi) is 9.61. The second-order valence-electron chi connectivity index (χ2n) is 13.5. The molecule has 0 amide bonds. The molecule has 0 saturated carbocycles. The number of aryl methyl sites for hydroxylation is 3. The van der Waals surface area contributed by atoms with E-state index in [-0.39, 0.29) is 25.5 Å². The zero-order valence-corrected chi connectivity index (χ0v) is 30.9. The summed E-state index contributed by atoms with van der Waals surface area (Å²) in [5.41, 5.74) is 12.2. The molecular weight excluding hydrogens is 779 g/mol. The Hall–Kier alpha value is -4.96. The molecule has 0 bridgehead atoms. The van der Waals surface area contributed by atoms with Gasteiger partial charge in [-0.1, -0.05) is 87.2 Å². The Morgan fingerprint density at radius 2 is 1.43 bits per heavy atom. The second-order valence-corrected chi connectivity index (χ2v) is 13.5. The molecule has 0 aliphatic heterocycles. The summed E-state index contributed by atoms with van der Waals surface area (Å²) in [7, 11) is 0. The van der Waals surface area contributed by atoms with Gasteiger partial charge in [-0.05, 0) is 87.9 Å². The SMILES string of the molecule is Cc1c[c-]c(-c2ccc(C)cn2)cc1.Cc1ccc2c(n1)oc1c(-c3cc(-c4ccc5cc(C(C)(C)C)ccc5c4)ccn3)[c-]ccc12.[Ir]. The number of nitrogens with zero attached hydrogens (tertiary/aromatic N) is 3. The monoisotopic (exact) mass is 816 g/mol. The van der Waals surface area contributed by atoms with E-state index in [9.17, 15) is 0 Å². The van der Waals surface area contributed by atoms with E-state index in [1.165, 1.54) is 27.5 Å². The van der Waals surface area contributed by atoms with Gasteiger partial charge in [-0.2, -0.15) is 0 Å². The average molecular weight is 816 g/mol. The van der Waals surface area contributed by atoms with Crippen molar-refractivity contribution in [1.29, 1.82) is 0 Å². The van der Waals surface area contributed by atoms with Crippen LogP contribution in [0.15, 0.2) is 120 Å². The van der Waals surface area contributed by atoms with E-state index < -0.39 is 0 Å². The maximum atomic E-state index is 6.18. The van der Waals surface area contributed by atoms with Crippen molar-refractivity contribution in [3.63, 3.8) is 0 Å². The Bertz CT molecular complexity index is 2360. The fourth-order valence-electron chi connectivity index (χ4n) is 5.83. The van der Waals surface area contributed by atoms with E-state index in [1.54, 1.807) is 0 Å². The van der Waals surface area contributed by atoms with Crippen molar-refractivity contribution < 1.29 is 24.5 Å². The number of aromatic nitrogens is 3. The third-order valence-corrected chi connectivity index (χ3v) is 8.65. The molecule has 8 rings (SSSR count). The molecule has 49 heavy (non-hydrogen) atoms. The zero-order valence-electron chi connectivity index (χ0n) is 28.6. The molecule has 0 unspecified atom stereocenters. The van der Waals surface area contributed by atoms with E-state index in [0.29, 0.717) is 5.71 Å². The van der Waals surface area contributed by atoms with Gasteiger partial charge in [0.15, 0.2) is 0 Å². The maximum Gasteiger partial charge on any atom is 0.216 e. The van der Waals surface area contributed by atoms with E-state index >= 15 is 0 Å². The summed E-state index contributed by atoms with van der Waals surface area (Å²) in [6, 6.07) is 42.4. The maximum absolute atomic E-state index is 6.18. The van der Waals surface area contributed by atoms with Gasteiger partial charge in [-0.25, -0.2) is 4.98 Å². The van der Waals surface area contributed by atoms with Crippen molar-refractivity contribution >= 4 is 32.8 Å². The molecular formula is C44H37IrN3O-2. The Morgan fingerprint density at radius 3 is 2.18 bits per heavy atom. The molecule has 4 aromatic carbocycles. The van der Waals surface area contributed by atoms with Gasteiger partial charge in [0.25, 0.3) is 0 Å². The number of pyridine rings is 3. The van der Waals surface area contributed by atoms with Crippen molar-refractivity contribution in [3.8, 4) is 33.6 Å². The summed E-state index contributed by atoms with van der Waals surface area (Å²) in [4.78, 5) is 13.6. The second kappa shape index (κ2) is 13.9. The van der Waals surface area contributed by atoms with Crippen LogP contribution in [-0.4, -0.2) is 15.0 Å². The van der Waals surface area contributed by atoms with Gasteiger partial charge in [0, 0.05) is 43.6 Å². The van der Waals surface area contributed by atoms with Gasteiger partial charge in [0.2, 0.25) is 5.71 Å². The summed E-state index contributed by atoms with van der Waals surface area (Å²) >= 11 is 0. The number of hydrogen-bond acceptors (Lipinski definition) is 4. The van der Waals surface area contributed by atoms with Gasteiger partial charge in [-0.3, -0.25) is 0 Å². The van der Waals surface area contributed by atoms with Gasteiger partial charge in [0.1, 0.15) is 0 Å². The zero-order chi connectivity index (χ0) is 33.4. The molecule has 0 spiro atoms. The summed E-state index contributed by atoms with van der Waals surface area (Å²) in [6.07, 6.45) is 3.73. The summed E-state index contributed by atoms with van der Waals surface area (Å²) in [5, 5.41) is 4.53. The van der Waals surface area contributed by atoms with Crippen LogP contribution in [-0.2, 0) is 25.5 Å². The van der Waals surface area contributed by atoms with Crippen LogP contribution in [0.1, 0.15) is 43.2 Å². The fourth-order valence-corrected chi connectivity index (χ4v) is 5.83. The van der Waals surface area contributed by atoms with Crippen LogP contribution < -0.4 is 0 Å². The molecule has 5 heteroatoms. The van der Waals surface area contributed by atoms with E-state index in [0.717, 1.165) is 55.7 Å². The number of fused-ring (bicyclic) bond motifs is 4.